The largest absolute Gasteiger partial charge is 0.396 e. The molecule has 5 nitrogen and oxygen atoms in total. The van der Waals surface area contributed by atoms with Crippen molar-refractivity contribution in [1.29, 1.82) is 0 Å². The summed E-state index contributed by atoms with van der Waals surface area (Å²) in [6, 6.07) is 0. The minimum absolute atomic E-state index is 0.220. The molecule has 0 radical (unpaired) electrons. The van der Waals surface area contributed by atoms with Crippen molar-refractivity contribution in [2.24, 2.45) is 0 Å². The molecule has 0 saturated heterocycles. The summed E-state index contributed by atoms with van der Waals surface area (Å²) in [4.78, 5) is 7.90. The van der Waals surface area contributed by atoms with Gasteiger partial charge in [0.05, 0.1) is 0 Å². The quantitative estimate of drug-likeness (QED) is 0.568. The molecular weight excluding hydrogens is 168 g/mol. The van der Waals surface area contributed by atoms with Crippen LogP contribution in [0.5, 0.6) is 0 Å². The second kappa shape index (κ2) is 5.31. The predicted molar refractivity (Wildman–Crippen MR) is 51.3 cm³/mol. The Morgan fingerprint density at radius 1 is 1.31 bits per heavy atom. The number of aliphatic hydroxyl groups excluding tert-OH is 1. The summed E-state index contributed by atoms with van der Waals surface area (Å²) >= 11 is 0. The minimum atomic E-state index is 0.220. The first kappa shape index (κ1) is 9.73. The van der Waals surface area contributed by atoms with Gasteiger partial charge in [-0.2, -0.15) is 0 Å². The average Bonchev–Trinajstić information content (AvgIpc) is 2.15. The van der Waals surface area contributed by atoms with Gasteiger partial charge in [0, 0.05) is 25.5 Å². The maximum Gasteiger partial charge on any atom is 0.168 e. The molecule has 0 saturated carbocycles. The van der Waals surface area contributed by atoms with Gasteiger partial charge in [-0.05, 0) is 12.8 Å². The Hall–Kier alpha value is -1.36. The zero-order chi connectivity index (χ0) is 9.52. The number of hydrogen-bond acceptors (Lipinski definition) is 5. The van der Waals surface area contributed by atoms with Crippen LogP contribution in [-0.2, 0) is 0 Å². The topological polar surface area (TPSA) is 84.1 Å². The standard InChI is InChI=1S/C8H14N4O/c9-7-8(12-5-4-10-7)11-3-1-2-6-13/h4-5,13H,1-3,6H2,(H2,9,10)(H,11,12). The lowest BCUT2D eigenvalue weighted by Gasteiger charge is -2.05. The molecule has 1 heterocycles. The highest BCUT2D eigenvalue weighted by molar-refractivity contribution is 5.54. The average molecular weight is 182 g/mol. The van der Waals surface area contributed by atoms with Crippen LogP contribution in [0.25, 0.3) is 0 Å². The van der Waals surface area contributed by atoms with E-state index in [4.69, 9.17) is 10.8 Å². The van der Waals surface area contributed by atoms with Gasteiger partial charge in [-0.15, -0.1) is 0 Å². The third-order valence-electron chi connectivity index (χ3n) is 1.60. The molecule has 0 spiro atoms. The maximum absolute atomic E-state index is 8.54. The van der Waals surface area contributed by atoms with Crippen molar-refractivity contribution in [1.82, 2.24) is 9.97 Å². The lowest BCUT2D eigenvalue weighted by molar-refractivity contribution is 0.286. The van der Waals surface area contributed by atoms with Crippen molar-refractivity contribution < 1.29 is 5.11 Å². The van der Waals surface area contributed by atoms with E-state index in [-0.39, 0.29) is 6.61 Å². The Morgan fingerprint density at radius 3 is 2.77 bits per heavy atom. The smallest absolute Gasteiger partial charge is 0.168 e. The molecule has 4 N–H and O–H groups in total. The number of aromatic nitrogens is 2. The van der Waals surface area contributed by atoms with Crippen LogP contribution < -0.4 is 11.1 Å². The van der Waals surface area contributed by atoms with Gasteiger partial charge in [-0.1, -0.05) is 0 Å². The monoisotopic (exact) mass is 182 g/mol. The highest BCUT2D eigenvalue weighted by atomic mass is 16.2. The van der Waals surface area contributed by atoms with Gasteiger partial charge in [-0.25, -0.2) is 9.97 Å². The number of hydrogen-bond donors (Lipinski definition) is 3. The summed E-state index contributed by atoms with van der Waals surface area (Å²) < 4.78 is 0. The molecule has 1 aromatic rings. The van der Waals surface area contributed by atoms with Crippen LogP contribution in [0.15, 0.2) is 12.4 Å². The number of anilines is 2. The zero-order valence-corrected chi connectivity index (χ0v) is 7.40. The fourth-order valence-electron chi connectivity index (χ4n) is 0.929. The zero-order valence-electron chi connectivity index (χ0n) is 7.40. The van der Waals surface area contributed by atoms with Crippen molar-refractivity contribution >= 4 is 11.6 Å². The van der Waals surface area contributed by atoms with Gasteiger partial charge in [0.15, 0.2) is 11.6 Å². The van der Waals surface area contributed by atoms with E-state index in [1.807, 2.05) is 0 Å². The Morgan fingerprint density at radius 2 is 2.08 bits per heavy atom. The number of aliphatic hydroxyl groups is 1. The summed E-state index contributed by atoms with van der Waals surface area (Å²) in [5.74, 6) is 1.02. The Bertz CT molecular complexity index is 254. The minimum Gasteiger partial charge on any atom is -0.396 e. The van der Waals surface area contributed by atoms with Crippen LogP contribution in [-0.4, -0.2) is 28.2 Å². The van der Waals surface area contributed by atoms with Crippen molar-refractivity contribution in [2.45, 2.75) is 12.8 Å². The first-order valence-corrected chi connectivity index (χ1v) is 4.26. The van der Waals surface area contributed by atoms with E-state index < -0.39 is 0 Å². The number of rotatable bonds is 5. The van der Waals surface area contributed by atoms with Gasteiger partial charge >= 0.3 is 0 Å². The van der Waals surface area contributed by atoms with E-state index >= 15 is 0 Å². The fourth-order valence-corrected chi connectivity index (χ4v) is 0.929. The summed E-state index contributed by atoms with van der Waals surface area (Å²) in [7, 11) is 0. The molecular formula is C8H14N4O. The van der Waals surface area contributed by atoms with E-state index in [0.717, 1.165) is 19.4 Å². The van der Waals surface area contributed by atoms with E-state index in [1.54, 1.807) is 12.4 Å². The highest BCUT2D eigenvalue weighted by Gasteiger charge is 1.97. The van der Waals surface area contributed by atoms with Crippen molar-refractivity contribution in [3.63, 3.8) is 0 Å². The summed E-state index contributed by atoms with van der Waals surface area (Å²) in [5, 5.41) is 11.6. The van der Waals surface area contributed by atoms with Gasteiger partial charge in [0.25, 0.3) is 0 Å². The second-order valence-corrected chi connectivity index (χ2v) is 2.65. The van der Waals surface area contributed by atoms with Gasteiger partial charge in [0.2, 0.25) is 0 Å². The third kappa shape index (κ3) is 3.25. The van der Waals surface area contributed by atoms with E-state index in [0.29, 0.717) is 11.6 Å². The molecule has 1 rings (SSSR count). The van der Waals surface area contributed by atoms with Crippen LogP contribution in [0.3, 0.4) is 0 Å². The maximum atomic E-state index is 8.54. The van der Waals surface area contributed by atoms with E-state index in [1.165, 1.54) is 0 Å². The molecule has 0 atom stereocenters. The number of nitrogen functional groups attached to an aromatic ring is 1. The third-order valence-corrected chi connectivity index (χ3v) is 1.60. The molecule has 0 fully saturated rings. The summed E-state index contributed by atoms with van der Waals surface area (Å²) in [6.07, 6.45) is 4.82. The Balaban J connectivity index is 2.32. The molecule has 1 aromatic heterocycles. The first-order valence-electron chi connectivity index (χ1n) is 4.26. The molecule has 13 heavy (non-hydrogen) atoms. The van der Waals surface area contributed by atoms with Crippen LogP contribution >= 0.6 is 0 Å². The lowest BCUT2D eigenvalue weighted by atomic mass is 10.3. The number of unbranched alkanes of at least 4 members (excludes halogenated alkanes) is 1. The van der Waals surface area contributed by atoms with E-state index in [2.05, 4.69) is 15.3 Å². The molecule has 0 aromatic carbocycles. The molecule has 5 heteroatoms. The summed E-state index contributed by atoms with van der Waals surface area (Å²) in [5.41, 5.74) is 5.55. The van der Waals surface area contributed by atoms with Crippen LogP contribution in [0.1, 0.15) is 12.8 Å². The lowest BCUT2D eigenvalue weighted by Crippen LogP contribution is -2.07. The SMILES string of the molecule is Nc1nccnc1NCCCCO. The van der Waals surface area contributed by atoms with Crippen LogP contribution in [0, 0.1) is 0 Å². The number of nitrogens with one attached hydrogen (secondary N) is 1. The molecule has 72 valence electrons. The molecule has 0 aliphatic rings. The molecule has 0 bridgehead atoms. The molecule has 0 aliphatic heterocycles. The van der Waals surface area contributed by atoms with Crippen molar-refractivity contribution in [3.05, 3.63) is 12.4 Å². The number of nitrogens with zero attached hydrogens (tertiary/aromatic N) is 2. The van der Waals surface area contributed by atoms with Crippen molar-refractivity contribution in [2.75, 3.05) is 24.2 Å². The molecule has 0 aliphatic carbocycles. The van der Waals surface area contributed by atoms with Crippen LogP contribution in [0.2, 0.25) is 0 Å². The van der Waals surface area contributed by atoms with Gasteiger partial charge in [0.1, 0.15) is 0 Å². The first-order chi connectivity index (χ1) is 6.34. The Kier molecular flexibility index (Phi) is 3.98. The van der Waals surface area contributed by atoms with Crippen LogP contribution in [0.4, 0.5) is 11.6 Å². The van der Waals surface area contributed by atoms with E-state index in [9.17, 15) is 0 Å². The Labute approximate surface area is 77.0 Å². The molecule has 0 amide bonds. The highest BCUT2D eigenvalue weighted by Crippen LogP contribution is 2.08. The van der Waals surface area contributed by atoms with Gasteiger partial charge < -0.3 is 16.2 Å². The second-order valence-electron chi connectivity index (χ2n) is 2.65. The normalized spacial score (nSPS) is 9.92. The predicted octanol–water partition coefficient (Wildman–Crippen LogP) is 0.243. The summed E-state index contributed by atoms with van der Waals surface area (Å²) in [6.45, 7) is 0.973. The van der Waals surface area contributed by atoms with Gasteiger partial charge in [-0.3, -0.25) is 0 Å². The fraction of sp³-hybridized carbons (Fsp3) is 0.500. The van der Waals surface area contributed by atoms with Crippen molar-refractivity contribution in [3.8, 4) is 0 Å². The molecule has 0 unspecified atom stereocenters. The number of nitrogens with two attached hydrogens (primary N) is 1.